The van der Waals surface area contributed by atoms with Crippen LogP contribution >= 0.6 is 22.9 Å². The van der Waals surface area contributed by atoms with Crippen LogP contribution < -0.4 is 0 Å². The number of ether oxygens (including phenoxy) is 2. The molecule has 0 spiro atoms. The Hall–Kier alpha value is -3.33. The molecule has 2 N–H and O–H groups in total. The van der Waals surface area contributed by atoms with Crippen LogP contribution in [0.5, 0.6) is 0 Å². The van der Waals surface area contributed by atoms with Gasteiger partial charge in [0.05, 0.1) is 33.7 Å². The Morgan fingerprint density at radius 1 is 1.05 bits per heavy atom. The highest BCUT2D eigenvalue weighted by Crippen LogP contribution is 2.43. The largest absolute Gasteiger partial charge is 0.388 e. The van der Waals surface area contributed by atoms with Crippen LogP contribution in [0.15, 0.2) is 42.7 Å². The van der Waals surface area contributed by atoms with Gasteiger partial charge >= 0.3 is 0 Å². The molecule has 2 aromatic carbocycles. The predicted molar refractivity (Wildman–Crippen MR) is 145 cm³/mol. The van der Waals surface area contributed by atoms with Crippen LogP contribution in [0.3, 0.4) is 0 Å². The lowest BCUT2D eigenvalue weighted by Gasteiger charge is -2.41. The Morgan fingerprint density at radius 3 is 2.61 bits per heavy atom. The number of aliphatic hydroxyl groups is 2. The molecule has 2 fully saturated rings. The number of rotatable bonds is 4. The molecule has 5 aromatic rings. The summed E-state index contributed by atoms with van der Waals surface area (Å²) in [5.74, 6) is -0.993. The molecule has 0 amide bonds. The molecule has 41 heavy (non-hydrogen) atoms. The maximum atomic E-state index is 14.2. The predicted octanol–water partition coefficient (Wildman–Crippen LogP) is 4.09. The number of halogens is 3. The third kappa shape index (κ3) is 4.44. The van der Waals surface area contributed by atoms with Gasteiger partial charge < -0.3 is 19.7 Å². The zero-order chi connectivity index (χ0) is 28.6. The van der Waals surface area contributed by atoms with Crippen LogP contribution in [0.1, 0.15) is 28.8 Å². The number of benzene rings is 2. The third-order valence-electron chi connectivity index (χ3n) is 7.40. The maximum absolute atomic E-state index is 14.2. The van der Waals surface area contributed by atoms with Crippen molar-refractivity contribution < 1.29 is 28.5 Å². The van der Waals surface area contributed by atoms with E-state index in [1.165, 1.54) is 10.9 Å². The van der Waals surface area contributed by atoms with E-state index in [0.717, 1.165) is 27.4 Å². The quantitative estimate of drug-likeness (QED) is 0.296. The number of aryl methyl sites for hydroxylation is 2. The Balaban J connectivity index is 1.28. The summed E-state index contributed by atoms with van der Waals surface area (Å²) in [7, 11) is 0. The van der Waals surface area contributed by atoms with Crippen LogP contribution in [0.2, 0.25) is 5.02 Å². The summed E-state index contributed by atoms with van der Waals surface area (Å²) in [5, 5.41) is 31.8. The number of hydrogen-bond acceptors (Lipinski definition) is 9. The number of aliphatic hydroxyl groups excluding tert-OH is 2. The fourth-order valence-corrected chi connectivity index (χ4v) is 6.53. The Labute approximate surface area is 240 Å². The van der Waals surface area contributed by atoms with Gasteiger partial charge in [0.25, 0.3) is 0 Å². The smallest absolute Gasteiger partial charge is 0.164 e. The van der Waals surface area contributed by atoms with E-state index in [4.69, 9.17) is 21.1 Å². The molecule has 2 saturated heterocycles. The van der Waals surface area contributed by atoms with Gasteiger partial charge in [-0.25, -0.2) is 23.4 Å². The fourth-order valence-electron chi connectivity index (χ4n) is 5.56. The van der Waals surface area contributed by atoms with Crippen LogP contribution in [0.25, 0.3) is 27.0 Å². The number of hydrogen-bond donors (Lipinski definition) is 2. The molecule has 7 rings (SSSR count). The molecule has 5 heterocycles. The minimum absolute atomic E-state index is 0.000120. The van der Waals surface area contributed by atoms with E-state index in [1.54, 1.807) is 29.1 Å². The van der Waals surface area contributed by atoms with Gasteiger partial charge in [0, 0.05) is 11.8 Å². The van der Waals surface area contributed by atoms with E-state index in [2.05, 4.69) is 20.2 Å². The molecule has 10 nitrogen and oxygen atoms in total. The van der Waals surface area contributed by atoms with Crippen molar-refractivity contribution in [2.24, 2.45) is 0 Å². The fraction of sp³-hybridized carbons (Fsp3) is 0.333. The summed E-state index contributed by atoms with van der Waals surface area (Å²) in [4.78, 5) is 9.11. The second-order valence-corrected chi connectivity index (χ2v) is 11.8. The zero-order valence-electron chi connectivity index (χ0n) is 21.6. The van der Waals surface area contributed by atoms with Gasteiger partial charge in [0.15, 0.2) is 5.82 Å². The van der Waals surface area contributed by atoms with E-state index < -0.39 is 53.2 Å². The molecular formula is C27H23ClF2N6O4S. The number of nitrogens with zero attached hydrogens (tertiary/aromatic N) is 6. The van der Waals surface area contributed by atoms with Gasteiger partial charge in [-0.2, -0.15) is 10.2 Å². The molecule has 2 aliphatic rings. The SMILES string of the molecule is Cc1nc([C@@H]2OC3C(O)CO[C@@H]3C(n3cc(-c4cc(F)c(Cl)c(F)c4)cn3)C2O)n(-c2ccc3nc(C)sc3c2)n1. The van der Waals surface area contributed by atoms with Crippen molar-refractivity contribution in [2.75, 3.05) is 6.61 Å². The average molecular weight is 601 g/mol. The first kappa shape index (κ1) is 26.6. The van der Waals surface area contributed by atoms with E-state index >= 15 is 0 Å². The Morgan fingerprint density at radius 2 is 1.83 bits per heavy atom. The van der Waals surface area contributed by atoms with Gasteiger partial charge in [0.2, 0.25) is 0 Å². The van der Waals surface area contributed by atoms with Crippen molar-refractivity contribution in [3.05, 3.63) is 76.0 Å². The van der Waals surface area contributed by atoms with E-state index in [1.807, 2.05) is 25.1 Å². The van der Waals surface area contributed by atoms with Crippen LogP contribution in [-0.2, 0) is 9.47 Å². The average Bonchev–Trinajstić information content (AvgIpc) is 3.72. The molecular weight excluding hydrogens is 578 g/mol. The maximum Gasteiger partial charge on any atom is 0.164 e. The molecule has 0 aliphatic carbocycles. The highest BCUT2D eigenvalue weighted by Gasteiger charge is 2.54. The van der Waals surface area contributed by atoms with Gasteiger partial charge in [-0.1, -0.05) is 11.6 Å². The molecule has 14 heteroatoms. The lowest BCUT2D eigenvalue weighted by Crippen LogP contribution is -2.52. The van der Waals surface area contributed by atoms with Crippen LogP contribution in [-0.4, -0.2) is 70.8 Å². The van der Waals surface area contributed by atoms with E-state index in [0.29, 0.717) is 22.9 Å². The molecule has 0 radical (unpaired) electrons. The first-order valence-corrected chi connectivity index (χ1v) is 14.0. The highest BCUT2D eigenvalue weighted by molar-refractivity contribution is 7.18. The molecule has 0 saturated carbocycles. The summed E-state index contributed by atoms with van der Waals surface area (Å²) in [5.41, 5.74) is 2.20. The van der Waals surface area contributed by atoms with Crippen molar-refractivity contribution in [1.29, 1.82) is 0 Å². The monoisotopic (exact) mass is 600 g/mol. The Kier molecular flexibility index (Phi) is 6.41. The Bertz CT molecular complexity index is 1770. The minimum atomic E-state index is -1.25. The van der Waals surface area contributed by atoms with E-state index in [9.17, 15) is 19.0 Å². The summed E-state index contributed by atoms with van der Waals surface area (Å²) in [6.07, 6.45) is -1.79. The molecule has 212 valence electrons. The first-order valence-electron chi connectivity index (χ1n) is 12.8. The van der Waals surface area contributed by atoms with E-state index in [-0.39, 0.29) is 12.2 Å². The summed E-state index contributed by atoms with van der Waals surface area (Å²) in [6.45, 7) is 3.68. The van der Waals surface area contributed by atoms with Crippen molar-refractivity contribution in [3.63, 3.8) is 0 Å². The van der Waals surface area contributed by atoms with Crippen molar-refractivity contribution in [1.82, 2.24) is 29.5 Å². The van der Waals surface area contributed by atoms with Crippen LogP contribution in [0.4, 0.5) is 8.78 Å². The molecule has 2 aliphatic heterocycles. The first-order chi connectivity index (χ1) is 19.7. The topological polar surface area (TPSA) is 120 Å². The van der Waals surface area contributed by atoms with Gasteiger partial charge in [-0.3, -0.25) is 4.68 Å². The standard InChI is InChI=1S/C27H23ClF2N6O4S/c1-11-32-27(36(34-11)15-3-4-18-20(7-15)41-12(2)33-18)26-23(38)22(25-24(40-26)19(37)10-39-25)35-9-14(8-31-35)13-5-16(29)21(28)17(30)6-13/h3-9,19,22-26,37-38H,10H2,1-2H3/t19?,22?,23?,24?,25-,26-/m1/s1. The number of fused-ring (bicyclic) bond motifs is 2. The van der Waals surface area contributed by atoms with Crippen molar-refractivity contribution in [3.8, 4) is 16.8 Å². The molecule has 4 unspecified atom stereocenters. The second kappa shape index (κ2) is 9.89. The number of thiazole rings is 1. The lowest BCUT2D eigenvalue weighted by molar-refractivity contribution is -0.196. The second-order valence-electron chi connectivity index (χ2n) is 10.1. The van der Waals surface area contributed by atoms with Crippen molar-refractivity contribution >= 4 is 33.2 Å². The summed E-state index contributed by atoms with van der Waals surface area (Å²) >= 11 is 7.20. The normalized spacial score (nSPS) is 26.1. The molecule has 3 aromatic heterocycles. The van der Waals surface area contributed by atoms with Crippen molar-refractivity contribution in [2.45, 2.75) is 50.4 Å². The molecule has 6 atom stereocenters. The third-order valence-corrected chi connectivity index (χ3v) is 8.70. The van der Waals surface area contributed by atoms with Gasteiger partial charge in [0.1, 0.15) is 59.0 Å². The highest BCUT2D eigenvalue weighted by atomic mass is 35.5. The molecule has 0 bridgehead atoms. The zero-order valence-corrected chi connectivity index (χ0v) is 23.2. The van der Waals surface area contributed by atoms with Crippen LogP contribution in [0, 0.1) is 25.5 Å². The summed E-state index contributed by atoms with van der Waals surface area (Å²) in [6, 6.07) is 7.11. The van der Waals surface area contributed by atoms with Gasteiger partial charge in [-0.15, -0.1) is 11.3 Å². The minimum Gasteiger partial charge on any atom is -0.388 e. The summed E-state index contributed by atoms with van der Waals surface area (Å²) < 4.78 is 44.5. The lowest BCUT2D eigenvalue weighted by atomic mass is 9.91. The van der Waals surface area contributed by atoms with Gasteiger partial charge in [-0.05, 0) is 49.7 Å². The number of aromatic nitrogens is 6.